The molecule has 0 saturated carbocycles. The number of aryl methyl sites for hydroxylation is 2. The quantitative estimate of drug-likeness (QED) is 0.681. The van der Waals surface area contributed by atoms with Gasteiger partial charge in [0.1, 0.15) is 11.6 Å². The predicted octanol–water partition coefficient (Wildman–Crippen LogP) is 4.55. The Balaban J connectivity index is 2.55. The minimum absolute atomic E-state index is 0.231. The maximum atomic E-state index is 13.7. The van der Waals surface area contributed by atoms with Gasteiger partial charge in [-0.2, -0.15) is 0 Å². The second kappa shape index (κ2) is 4.66. The normalized spacial score (nSPS) is 10.8. The van der Waals surface area contributed by atoms with Gasteiger partial charge >= 0.3 is 0 Å². The van der Waals surface area contributed by atoms with Crippen molar-refractivity contribution in [2.75, 3.05) is 0 Å². The van der Waals surface area contributed by atoms with E-state index in [-0.39, 0.29) is 11.6 Å². The molecule has 0 fully saturated rings. The van der Waals surface area contributed by atoms with Crippen LogP contribution in [0, 0.1) is 18.6 Å². The van der Waals surface area contributed by atoms with E-state index >= 15 is 0 Å². The molecule has 0 saturated heterocycles. The standard InChI is InChI=1S/C15H14F2/c1-3-4-5-11-7-13-8-14(16)10(2)6-12(13)9-15(11)17/h3,6-9H,1,4-5H2,2H3. The molecule has 0 unspecified atom stereocenters. The predicted molar refractivity (Wildman–Crippen MR) is 67.1 cm³/mol. The van der Waals surface area contributed by atoms with E-state index in [2.05, 4.69) is 6.58 Å². The van der Waals surface area contributed by atoms with E-state index in [0.29, 0.717) is 17.5 Å². The van der Waals surface area contributed by atoms with Gasteiger partial charge in [-0.25, -0.2) is 8.78 Å². The summed E-state index contributed by atoms with van der Waals surface area (Å²) in [6.07, 6.45) is 3.07. The second-order valence-corrected chi connectivity index (χ2v) is 4.22. The molecule has 0 aliphatic carbocycles. The SMILES string of the molecule is C=CCCc1cc2cc(F)c(C)cc2cc1F. The third kappa shape index (κ3) is 2.36. The van der Waals surface area contributed by atoms with E-state index in [9.17, 15) is 8.78 Å². The fraction of sp³-hybridized carbons (Fsp3) is 0.200. The van der Waals surface area contributed by atoms with Crippen LogP contribution in [0.1, 0.15) is 17.5 Å². The lowest BCUT2D eigenvalue weighted by Crippen LogP contribution is -1.92. The number of allylic oxidation sites excluding steroid dienone is 1. The summed E-state index contributed by atoms with van der Waals surface area (Å²) in [5, 5.41) is 1.48. The number of hydrogen-bond acceptors (Lipinski definition) is 0. The summed E-state index contributed by atoms with van der Waals surface area (Å²) in [5.41, 5.74) is 1.15. The Bertz CT molecular complexity index is 571. The molecule has 0 aromatic heterocycles. The Morgan fingerprint density at radius 1 is 1.06 bits per heavy atom. The van der Waals surface area contributed by atoms with Gasteiger partial charge in [0.25, 0.3) is 0 Å². The molecule has 0 aliphatic rings. The Morgan fingerprint density at radius 2 is 1.71 bits per heavy atom. The topological polar surface area (TPSA) is 0 Å². The van der Waals surface area contributed by atoms with Crippen molar-refractivity contribution in [1.82, 2.24) is 0 Å². The molecule has 17 heavy (non-hydrogen) atoms. The van der Waals surface area contributed by atoms with Crippen LogP contribution in [-0.4, -0.2) is 0 Å². The Hall–Kier alpha value is -1.70. The third-order valence-electron chi connectivity index (χ3n) is 2.90. The highest BCUT2D eigenvalue weighted by atomic mass is 19.1. The van der Waals surface area contributed by atoms with Crippen molar-refractivity contribution in [2.45, 2.75) is 19.8 Å². The number of hydrogen-bond donors (Lipinski definition) is 0. The van der Waals surface area contributed by atoms with Crippen LogP contribution in [-0.2, 0) is 6.42 Å². The van der Waals surface area contributed by atoms with Crippen molar-refractivity contribution in [3.8, 4) is 0 Å². The molecule has 0 spiro atoms. The highest BCUT2D eigenvalue weighted by molar-refractivity contribution is 5.84. The van der Waals surface area contributed by atoms with Gasteiger partial charge in [0.15, 0.2) is 0 Å². The Labute approximate surface area is 99.6 Å². The minimum Gasteiger partial charge on any atom is -0.207 e. The van der Waals surface area contributed by atoms with Gasteiger partial charge in [-0.3, -0.25) is 0 Å². The summed E-state index contributed by atoms with van der Waals surface area (Å²) < 4.78 is 27.2. The molecule has 0 radical (unpaired) electrons. The summed E-state index contributed by atoms with van der Waals surface area (Å²) in [4.78, 5) is 0. The van der Waals surface area contributed by atoms with Crippen LogP contribution in [0.3, 0.4) is 0 Å². The monoisotopic (exact) mass is 232 g/mol. The fourth-order valence-corrected chi connectivity index (χ4v) is 1.90. The summed E-state index contributed by atoms with van der Waals surface area (Å²) in [6.45, 7) is 5.29. The molecule has 0 atom stereocenters. The van der Waals surface area contributed by atoms with Crippen molar-refractivity contribution in [2.24, 2.45) is 0 Å². The summed E-state index contributed by atoms with van der Waals surface area (Å²) in [5.74, 6) is -0.482. The van der Waals surface area contributed by atoms with Crippen LogP contribution in [0.2, 0.25) is 0 Å². The Morgan fingerprint density at radius 3 is 2.41 bits per heavy atom. The first-order valence-corrected chi connectivity index (χ1v) is 5.61. The van der Waals surface area contributed by atoms with Gasteiger partial charge in [-0.1, -0.05) is 6.08 Å². The third-order valence-corrected chi connectivity index (χ3v) is 2.90. The molecule has 0 heterocycles. The van der Waals surface area contributed by atoms with Crippen LogP contribution < -0.4 is 0 Å². The zero-order valence-corrected chi connectivity index (χ0v) is 9.76. The molecule has 2 heteroatoms. The fourth-order valence-electron chi connectivity index (χ4n) is 1.90. The van der Waals surface area contributed by atoms with Crippen LogP contribution >= 0.6 is 0 Å². The highest BCUT2D eigenvalue weighted by Gasteiger charge is 2.06. The summed E-state index contributed by atoms with van der Waals surface area (Å²) >= 11 is 0. The molecular weight excluding hydrogens is 218 g/mol. The first kappa shape index (κ1) is 11.8. The van der Waals surface area contributed by atoms with Crippen LogP contribution in [0.4, 0.5) is 8.78 Å². The molecule has 0 bridgehead atoms. The average molecular weight is 232 g/mol. The molecule has 0 nitrogen and oxygen atoms in total. The minimum atomic E-state index is -0.251. The lowest BCUT2D eigenvalue weighted by atomic mass is 10.0. The zero-order chi connectivity index (χ0) is 12.4. The Kier molecular flexibility index (Phi) is 3.23. The number of fused-ring (bicyclic) bond motifs is 1. The van der Waals surface area contributed by atoms with Crippen LogP contribution in [0.5, 0.6) is 0 Å². The van der Waals surface area contributed by atoms with E-state index in [0.717, 1.165) is 17.2 Å². The molecule has 0 amide bonds. The van der Waals surface area contributed by atoms with Gasteiger partial charge in [0.05, 0.1) is 0 Å². The number of halogens is 2. The van der Waals surface area contributed by atoms with E-state index in [1.165, 1.54) is 12.1 Å². The summed E-state index contributed by atoms with van der Waals surface area (Å²) in [7, 11) is 0. The number of benzene rings is 2. The van der Waals surface area contributed by atoms with Gasteiger partial charge in [-0.05, 0) is 65.9 Å². The van der Waals surface area contributed by atoms with Gasteiger partial charge in [0, 0.05) is 0 Å². The van der Waals surface area contributed by atoms with Crippen molar-refractivity contribution in [1.29, 1.82) is 0 Å². The van der Waals surface area contributed by atoms with Crippen LogP contribution in [0.25, 0.3) is 10.8 Å². The second-order valence-electron chi connectivity index (χ2n) is 4.22. The maximum Gasteiger partial charge on any atom is 0.127 e. The largest absolute Gasteiger partial charge is 0.207 e. The van der Waals surface area contributed by atoms with Crippen molar-refractivity contribution in [3.63, 3.8) is 0 Å². The lowest BCUT2D eigenvalue weighted by molar-refractivity contribution is 0.610. The molecule has 2 aromatic carbocycles. The first-order chi connectivity index (χ1) is 8.11. The van der Waals surface area contributed by atoms with Gasteiger partial charge in [-0.15, -0.1) is 6.58 Å². The van der Waals surface area contributed by atoms with Crippen molar-refractivity contribution < 1.29 is 8.78 Å². The van der Waals surface area contributed by atoms with Gasteiger partial charge in [0.2, 0.25) is 0 Å². The molecule has 0 aliphatic heterocycles. The van der Waals surface area contributed by atoms with Crippen molar-refractivity contribution in [3.05, 3.63) is 59.7 Å². The molecule has 88 valence electrons. The van der Waals surface area contributed by atoms with Gasteiger partial charge < -0.3 is 0 Å². The highest BCUT2D eigenvalue weighted by Crippen LogP contribution is 2.23. The molecular formula is C15H14F2. The van der Waals surface area contributed by atoms with E-state index in [1.54, 1.807) is 25.1 Å². The molecule has 2 aromatic rings. The molecule has 0 N–H and O–H groups in total. The lowest BCUT2D eigenvalue weighted by Gasteiger charge is -2.06. The number of rotatable bonds is 3. The van der Waals surface area contributed by atoms with Crippen LogP contribution in [0.15, 0.2) is 36.9 Å². The molecule has 2 rings (SSSR count). The van der Waals surface area contributed by atoms with Crippen molar-refractivity contribution >= 4 is 10.8 Å². The maximum absolute atomic E-state index is 13.7. The van der Waals surface area contributed by atoms with E-state index in [4.69, 9.17) is 0 Å². The smallest absolute Gasteiger partial charge is 0.127 e. The zero-order valence-electron chi connectivity index (χ0n) is 9.76. The average Bonchev–Trinajstić information content (AvgIpc) is 2.29. The first-order valence-electron chi connectivity index (χ1n) is 5.61. The summed E-state index contributed by atoms with van der Waals surface area (Å²) in [6, 6.07) is 6.32. The van der Waals surface area contributed by atoms with E-state index in [1.807, 2.05) is 0 Å². The van der Waals surface area contributed by atoms with E-state index < -0.39 is 0 Å².